The molecule has 160 valence electrons. The van der Waals surface area contributed by atoms with Crippen molar-refractivity contribution in [2.45, 2.75) is 19.9 Å². The van der Waals surface area contributed by atoms with Crippen molar-refractivity contribution in [1.29, 1.82) is 0 Å². The Hall–Kier alpha value is -3.71. The van der Waals surface area contributed by atoms with Crippen LogP contribution >= 0.6 is 11.6 Å². The zero-order chi connectivity index (χ0) is 22.2. The van der Waals surface area contributed by atoms with Gasteiger partial charge in [-0.25, -0.2) is 15.0 Å². The number of halogens is 1. The van der Waals surface area contributed by atoms with Crippen molar-refractivity contribution in [1.82, 2.24) is 24.5 Å². The van der Waals surface area contributed by atoms with Gasteiger partial charge in [-0.3, -0.25) is 9.36 Å². The van der Waals surface area contributed by atoms with Crippen LogP contribution in [-0.2, 0) is 0 Å². The lowest BCUT2D eigenvalue weighted by atomic mass is 9.97. The summed E-state index contributed by atoms with van der Waals surface area (Å²) in [5, 5.41) is 5.26. The van der Waals surface area contributed by atoms with Crippen LogP contribution in [0, 0.1) is 5.92 Å². The molecule has 0 fully saturated rings. The van der Waals surface area contributed by atoms with Crippen molar-refractivity contribution < 1.29 is 0 Å². The minimum atomic E-state index is -0.229. The molecular formula is C24H21ClN6O. The summed E-state index contributed by atoms with van der Waals surface area (Å²) in [5.74, 6) is 0.762. The monoisotopic (exact) mass is 444 g/mol. The lowest BCUT2D eigenvalue weighted by Crippen LogP contribution is -2.29. The molecule has 3 aromatic heterocycles. The van der Waals surface area contributed by atoms with E-state index in [9.17, 15) is 4.79 Å². The largest absolute Gasteiger partial charge is 0.360 e. The Kier molecular flexibility index (Phi) is 5.11. The molecule has 1 unspecified atom stereocenters. The first-order valence-electron chi connectivity index (χ1n) is 10.3. The lowest BCUT2D eigenvalue weighted by molar-refractivity contribution is 0.523. The summed E-state index contributed by atoms with van der Waals surface area (Å²) < 4.78 is 1.73. The Bertz CT molecular complexity index is 1470. The Labute approximate surface area is 189 Å². The number of imidazole rings is 1. The number of nitrogens with zero attached hydrogens (tertiary/aromatic N) is 4. The molecule has 3 heterocycles. The molecule has 0 radical (unpaired) electrons. The molecular weight excluding hydrogens is 424 g/mol. The molecule has 2 aromatic carbocycles. The number of aromatic amines is 1. The quantitative estimate of drug-likeness (QED) is 0.392. The van der Waals surface area contributed by atoms with Gasteiger partial charge < -0.3 is 10.3 Å². The average molecular weight is 445 g/mol. The van der Waals surface area contributed by atoms with Crippen LogP contribution in [0.1, 0.15) is 25.6 Å². The molecule has 0 spiro atoms. The number of rotatable bonds is 5. The molecule has 8 heteroatoms. The van der Waals surface area contributed by atoms with Gasteiger partial charge in [0.05, 0.1) is 22.8 Å². The molecule has 1 atom stereocenters. The SMILES string of the molecule is CC(C)C(Nc1ncnc2nc[nH]c12)c1cc2cccc(Cl)c2c(=O)n1-c1ccccc1. The fraction of sp³-hybridized carbons (Fsp3) is 0.167. The molecule has 0 saturated heterocycles. The van der Waals surface area contributed by atoms with E-state index in [1.54, 1.807) is 17.0 Å². The molecule has 0 amide bonds. The van der Waals surface area contributed by atoms with Crippen molar-refractivity contribution in [3.63, 3.8) is 0 Å². The number of hydrogen-bond acceptors (Lipinski definition) is 5. The third-order valence-corrected chi connectivity index (χ3v) is 5.85. The van der Waals surface area contributed by atoms with E-state index >= 15 is 0 Å². The number of fused-ring (bicyclic) bond motifs is 2. The van der Waals surface area contributed by atoms with E-state index in [4.69, 9.17) is 11.6 Å². The van der Waals surface area contributed by atoms with E-state index in [1.807, 2.05) is 48.5 Å². The molecule has 0 aliphatic rings. The van der Waals surface area contributed by atoms with E-state index in [0.29, 0.717) is 21.9 Å². The van der Waals surface area contributed by atoms with Gasteiger partial charge in [-0.2, -0.15) is 0 Å². The second-order valence-corrected chi connectivity index (χ2v) is 8.35. The van der Waals surface area contributed by atoms with Gasteiger partial charge in [0.25, 0.3) is 5.56 Å². The first kappa shape index (κ1) is 20.2. The van der Waals surface area contributed by atoms with Crippen LogP contribution in [0.25, 0.3) is 27.6 Å². The molecule has 7 nitrogen and oxygen atoms in total. The van der Waals surface area contributed by atoms with Crippen LogP contribution in [0.5, 0.6) is 0 Å². The zero-order valence-electron chi connectivity index (χ0n) is 17.6. The third-order valence-electron chi connectivity index (χ3n) is 5.54. The van der Waals surface area contributed by atoms with E-state index in [2.05, 4.69) is 39.1 Å². The fourth-order valence-electron chi connectivity index (χ4n) is 4.02. The molecule has 0 saturated carbocycles. The number of anilines is 1. The van der Waals surface area contributed by atoms with Crippen LogP contribution in [0.4, 0.5) is 5.82 Å². The Morgan fingerprint density at radius 3 is 2.62 bits per heavy atom. The Morgan fingerprint density at radius 2 is 1.84 bits per heavy atom. The van der Waals surface area contributed by atoms with Crippen molar-refractivity contribution in [3.05, 3.63) is 88.3 Å². The van der Waals surface area contributed by atoms with Gasteiger partial charge in [0.2, 0.25) is 0 Å². The van der Waals surface area contributed by atoms with Gasteiger partial charge in [0, 0.05) is 11.4 Å². The maximum atomic E-state index is 13.7. The molecule has 2 N–H and O–H groups in total. The smallest absolute Gasteiger partial charge is 0.264 e. The maximum absolute atomic E-state index is 13.7. The van der Waals surface area contributed by atoms with Crippen molar-refractivity contribution >= 4 is 39.4 Å². The predicted octanol–water partition coefficient (Wildman–Crippen LogP) is 5.12. The summed E-state index contributed by atoms with van der Waals surface area (Å²) in [5.41, 5.74) is 2.73. The number of hydrogen-bond donors (Lipinski definition) is 2. The zero-order valence-corrected chi connectivity index (χ0v) is 18.3. The highest BCUT2D eigenvalue weighted by molar-refractivity contribution is 6.35. The fourth-order valence-corrected chi connectivity index (χ4v) is 4.28. The molecule has 0 aliphatic carbocycles. The lowest BCUT2D eigenvalue weighted by Gasteiger charge is -2.27. The van der Waals surface area contributed by atoms with E-state index in [1.165, 1.54) is 6.33 Å². The minimum Gasteiger partial charge on any atom is -0.360 e. The third kappa shape index (κ3) is 3.40. The van der Waals surface area contributed by atoms with Crippen LogP contribution in [0.3, 0.4) is 0 Å². The normalized spacial score (nSPS) is 12.5. The second kappa shape index (κ2) is 8.09. The van der Waals surface area contributed by atoms with Crippen molar-refractivity contribution in [2.24, 2.45) is 5.92 Å². The number of H-pyrrole nitrogens is 1. The highest BCUT2D eigenvalue weighted by Gasteiger charge is 2.24. The number of para-hydroxylation sites is 1. The van der Waals surface area contributed by atoms with Crippen LogP contribution in [0.2, 0.25) is 5.02 Å². The van der Waals surface area contributed by atoms with Gasteiger partial charge in [-0.15, -0.1) is 0 Å². The summed E-state index contributed by atoms with van der Waals surface area (Å²) in [7, 11) is 0. The van der Waals surface area contributed by atoms with Crippen LogP contribution in [0.15, 0.2) is 72.0 Å². The standard InChI is InChI=1S/C24H21ClN6O/c1-14(2)20(30-23-21-22(27-12-26-21)28-13-29-23)18-11-15-7-6-10-17(25)19(15)24(32)31(18)16-8-4-3-5-9-16/h3-14,20H,1-2H3,(H2,26,27,28,29,30). The predicted molar refractivity (Wildman–Crippen MR) is 127 cm³/mol. The van der Waals surface area contributed by atoms with Gasteiger partial charge in [0.1, 0.15) is 11.8 Å². The first-order valence-corrected chi connectivity index (χ1v) is 10.7. The van der Waals surface area contributed by atoms with E-state index < -0.39 is 0 Å². The molecule has 5 rings (SSSR count). The van der Waals surface area contributed by atoms with Crippen molar-refractivity contribution in [3.8, 4) is 5.69 Å². The van der Waals surface area contributed by atoms with Crippen LogP contribution in [-0.4, -0.2) is 24.5 Å². The minimum absolute atomic E-state index is 0.133. The Morgan fingerprint density at radius 1 is 1.03 bits per heavy atom. The highest BCUT2D eigenvalue weighted by atomic mass is 35.5. The Balaban J connectivity index is 1.77. The van der Waals surface area contributed by atoms with Gasteiger partial charge in [-0.05, 0) is 35.6 Å². The number of aromatic nitrogens is 5. The summed E-state index contributed by atoms with van der Waals surface area (Å²) in [4.78, 5) is 29.7. The molecule has 32 heavy (non-hydrogen) atoms. The summed E-state index contributed by atoms with van der Waals surface area (Å²) >= 11 is 6.44. The van der Waals surface area contributed by atoms with Gasteiger partial charge in [0.15, 0.2) is 11.5 Å². The first-order chi connectivity index (χ1) is 15.5. The van der Waals surface area contributed by atoms with Gasteiger partial charge >= 0.3 is 0 Å². The van der Waals surface area contributed by atoms with E-state index in [0.717, 1.165) is 22.3 Å². The topological polar surface area (TPSA) is 88.5 Å². The maximum Gasteiger partial charge on any atom is 0.264 e. The van der Waals surface area contributed by atoms with Crippen LogP contribution < -0.4 is 10.9 Å². The number of benzene rings is 2. The second-order valence-electron chi connectivity index (χ2n) is 7.94. The molecule has 0 bridgehead atoms. The summed E-state index contributed by atoms with van der Waals surface area (Å²) in [6.07, 6.45) is 3.07. The van der Waals surface area contributed by atoms with E-state index in [-0.39, 0.29) is 17.5 Å². The summed E-state index contributed by atoms with van der Waals surface area (Å²) in [6.45, 7) is 4.20. The highest BCUT2D eigenvalue weighted by Crippen LogP contribution is 2.31. The number of pyridine rings is 1. The molecule has 5 aromatic rings. The molecule has 0 aliphatic heterocycles. The number of nitrogens with one attached hydrogen (secondary N) is 2. The van der Waals surface area contributed by atoms with Crippen molar-refractivity contribution in [2.75, 3.05) is 5.32 Å². The summed E-state index contributed by atoms with van der Waals surface area (Å²) in [6, 6.07) is 16.9. The average Bonchev–Trinajstić information content (AvgIpc) is 3.27. The van der Waals surface area contributed by atoms with Gasteiger partial charge in [-0.1, -0.05) is 55.8 Å².